The van der Waals surface area contributed by atoms with Crippen molar-refractivity contribution < 1.29 is 9.59 Å². The molecule has 0 bridgehead atoms. The molecule has 0 spiro atoms. The molecule has 118 valence electrons. The number of hydrogen-bond donors (Lipinski definition) is 2. The summed E-state index contributed by atoms with van der Waals surface area (Å²) in [7, 11) is 1.61. The number of carbonyl (C=O) groups excluding carboxylic acids is 2. The van der Waals surface area contributed by atoms with Crippen LogP contribution in [0.4, 0.5) is 5.69 Å². The molecule has 0 aromatic heterocycles. The predicted molar refractivity (Wildman–Crippen MR) is 87.6 cm³/mol. The number of anilines is 1. The third-order valence-electron chi connectivity index (χ3n) is 3.41. The van der Waals surface area contributed by atoms with Crippen molar-refractivity contribution in [2.45, 2.75) is 20.8 Å². The lowest BCUT2D eigenvalue weighted by Gasteiger charge is -2.20. The molecule has 0 saturated heterocycles. The van der Waals surface area contributed by atoms with E-state index in [1.807, 2.05) is 32.0 Å². The number of benzene rings is 1. The number of halogens is 1. The highest BCUT2D eigenvalue weighted by molar-refractivity contribution is 5.95. The molecular weight excluding hydrogens is 290 g/mol. The van der Waals surface area contributed by atoms with Gasteiger partial charge in [0.25, 0.3) is 0 Å². The molecule has 0 radical (unpaired) electrons. The van der Waals surface area contributed by atoms with Crippen LogP contribution in [0.25, 0.3) is 0 Å². The fourth-order valence-electron chi connectivity index (χ4n) is 1.85. The fraction of sp³-hybridized carbons (Fsp3) is 0.467. The molecule has 1 unspecified atom stereocenters. The first-order valence-corrected chi connectivity index (χ1v) is 6.68. The number of rotatable bonds is 5. The van der Waals surface area contributed by atoms with Gasteiger partial charge in [0.1, 0.15) is 0 Å². The lowest BCUT2D eigenvalue weighted by atomic mass is 10.1. The third-order valence-corrected chi connectivity index (χ3v) is 3.41. The number of aryl methyl sites for hydroxylation is 1. The van der Waals surface area contributed by atoms with Crippen molar-refractivity contribution in [3.8, 4) is 0 Å². The Bertz CT molecular complexity index is 506. The first-order chi connectivity index (χ1) is 9.36. The molecule has 0 aliphatic heterocycles. The summed E-state index contributed by atoms with van der Waals surface area (Å²) in [6.07, 6.45) is 0. The standard InChI is InChI=1S/C15H23N3O2.ClH/c1-10-6-5-7-13(12(10)3)17-14(19)9-18(4)15(20)11(2)8-16;/h5-7,11H,8-9,16H2,1-4H3,(H,17,19);1H. The number of carbonyl (C=O) groups is 2. The van der Waals surface area contributed by atoms with Crippen LogP contribution in [0.2, 0.25) is 0 Å². The minimum atomic E-state index is -0.270. The van der Waals surface area contributed by atoms with Gasteiger partial charge in [-0.25, -0.2) is 0 Å². The van der Waals surface area contributed by atoms with Gasteiger partial charge in [-0.15, -0.1) is 12.4 Å². The van der Waals surface area contributed by atoms with Crippen LogP contribution in [0.3, 0.4) is 0 Å². The SMILES string of the molecule is Cc1cccc(NC(=O)CN(C)C(=O)C(C)CN)c1C.Cl. The highest BCUT2D eigenvalue weighted by atomic mass is 35.5. The van der Waals surface area contributed by atoms with Crippen LogP contribution in [-0.4, -0.2) is 36.9 Å². The molecule has 1 aromatic carbocycles. The second-order valence-electron chi connectivity index (χ2n) is 5.13. The Labute approximate surface area is 132 Å². The summed E-state index contributed by atoms with van der Waals surface area (Å²) >= 11 is 0. The molecule has 1 rings (SSSR count). The lowest BCUT2D eigenvalue weighted by Crippen LogP contribution is -2.39. The van der Waals surface area contributed by atoms with Gasteiger partial charge in [-0.1, -0.05) is 19.1 Å². The average molecular weight is 314 g/mol. The van der Waals surface area contributed by atoms with Crippen molar-refractivity contribution in [3.63, 3.8) is 0 Å². The largest absolute Gasteiger partial charge is 0.336 e. The summed E-state index contributed by atoms with van der Waals surface area (Å²) in [6.45, 7) is 6.00. The highest BCUT2D eigenvalue weighted by Crippen LogP contribution is 2.17. The summed E-state index contributed by atoms with van der Waals surface area (Å²) in [5, 5.41) is 2.83. The Morgan fingerprint density at radius 1 is 1.33 bits per heavy atom. The summed E-state index contributed by atoms with van der Waals surface area (Å²) < 4.78 is 0. The van der Waals surface area contributed by atoms with E-state index in [2.05, 4.69) is 5.32 Å². The number of nitrogens with two attached hydrogens (primary N) is 1. The molecule has 5 nitrogen and oxygen atoms in total. The van der Waals surface area contributed by atoms with Crippen molar-refractivity contribution >= 4 is 29.9 Å². The number of nitrogens with zero attached hydrogens (tertiary/aromatic N) is 1. The number of hydrogen-bond acceptors (Lipinski definition) is 3. The molecule has 3 N–H and O–H groups in total. The zero-order valence-corrected chi connectivity index (χ0v) is 13.8. The molecule has 0 saturated carbocycles. The molecule has 1 aromatic rings. The molecular formula is C15H24ClN3O2. The van der Waals surface area contributed by atoms with Gasteiger partial charge >= 0.3 is 0 Å². The maximum absolute atomic E-state index is 12.0. The van der Waals surface area contributed by atoms with Gasteiger partial charge in [0.05, 0.1) is 6.54 Å². The molecule has 0 aliphatic carbocycles. The Balaban J connectivity index is 0.00000400. The Hall–Kier alpha value is -1.59. The quantitative estimate of drug-likeness (QED) is 0.869. The maximum Gasteiger partial charge on any atom is 0.243 e. The number of likely N-dealkylation sites (N-methyl/N-ethyl adjacent to an activating group) is 1. The molecule has 1 atom stereocenters. The van der Waals surface area contributed by atoms with E-state index < -0.39 is 0 Å². The van der Waals surface area contributed by atoms with Crippen LogP contribution < -0.4 is 11.1 Å². The second kappa shape index (κ2) is 8.64. The van der Waals surface area contributed by atoms with Crippen LogP contribution in [0.1, 0.15) is 18.1 Å². The number of nitrogens with one attached hydrogen (secondary N) is 1. The fourth-order valence-corrected chi connectivity index (χ4v) is 1.85. The van der Waals surface area contributed by atoms with E-state index in [9.17, 15) is 9.59 Å². The van der Waals surface area contributed by atoms with Gasteiger partial charge in [0.15, 0.2) is 0 Å². The lowest BCUT2D eigenvalue weighted by molar-refractivity contribution is -0.136. The summed E-state index contributed by atoms with van der Waals surface area (Å²) in [4.78, 5) is 25.2. The van der Waals surface area contributed by atoms with Crippen LogP contribution >= 0.6 is 12.4 Å². The van der Waals surface area contributed by atoms with E-state index in [4.69, 9.17) is 5.73 Å². The van der Waals surface area contributed by atoms with Crippen molar-refractivity contribution in [1.82, 2.24) is 4.90 Å². The van der Waals surface area contributed by atoms with E-state index >= 15 is 0 Å². The number of amides is 2. The van der Waals surface area contributed by atoms with E-state index in [0.717, 1.165) is 16.8 Å². The topological polar surface area (TPSA) is 75.4 Å². The van der Waals surface area contributed by atoms with E-state index in [1.54, 1.807) is 14.0 Å². The van der Waals surface area contributed by atoms with E-state index in [1.165, 1.54) is 4.90 Å². The monoisotopic (exact) mass is 313 g/mol. The molecule has 0 fully saturated rings. The second-order valence-corrected chi connectivity index (χ2v) is 5.13. The molecule has 21 heavy (non-hydrogen) atoms. The summed E-state index contributed by atoms with van der Waals surface area (Å²) in [5.41, 5.74) is 8.38. The first-order valence-electron chi connectivity index (χ1n) is 6.68. The highest BCUT2D eigenvalue weighted by Gasteiger charge is 2.18. The maximum atomic E-state index is 12.0. The normalized spacial score (nSPS) is 11.3. The van der Waals surface area contributed by atoms with Gasteiger partial charge < -0.3 is 16.0 Å². The van der Waals surface area contributed by atoms with Crippen LogP contribution in [-0.2, 0) is 9.59 Å². The average Bonchev–Trinajstić information content (AvgIpc) is 2.42. The van der Waals surface area contributed by atoms with Gasteiger partial charge in [0.2, 0.25) is 11.8 Å². The van der Waals surface area contributed by atoms with Crippen LogP contribution in [0.5, 0.6) is 0 Å². The Morgan fingerprint density at radius 3 is 2.52 bits per heavy atom. The Kier molecular flexibility index (Phi) is 7.99. The molecule has 0 aliphatic rings. The molecule has 2 amide bonds. The van der Waals surface area contributed by atoms with E-state index in [-0.39, 0.29) is 43.2 Å². The van der Waals surface area contributed by atoms with Crippen molar-refractivity contribution in [1.29, 1.82) is 0 Å². The van der Waals surface area contributed by atoms with Crippen molar-refractivity contribution in [2.24, 2.45) is 11.7 Å². The van der Waals surface area contributed by atoms with Gasteiger partial charge in [-0.3, -0.25) is 9.59 Å². The third kappa shape index (κ3) is 5.36. The van der Waals surface area contributed by atoms with Crippen molar-refractivity contribution in [2.75, 3.05) is 25.5 Å². The van der Waals surface area contributed by atoms with Crippen LogP contribution in [0, 0.1) is 19.8 Å². The van der Waals surface area contributed by atoms with Crippen LogP contribution in [0.15, 0.2) is 18.2 Å². The minimum absolute atomic E-state index is 0. The summed E-state index contributed by atoms with van der Waals surface area (Å²) in [5.74, 6) is -0.601. The molecule has 0 heterocycles. The minimum Gasteiger partial charge on any atom is -0.336 e. The first kappa shape index (κ1) is 19.4. The predicted octanol–water partition coefficient (Wildman–Crippen LogP) is 1.72. The molecule has 6 heteroatoms. The van der Waals surface area contributed by atoms with Gasteiger partial charge in [-0.05, 0) is 31.0 Å². The summed E-state index contributed by atoms with van der Waals surface area (Å²) in [6, 6.07) is 5.73. The van der Waals surface area contributed by atoms with Crippen molar-refractivity contribution in [3.05, 3.63) is 29.3 Å². The zero-order chi connectivity index (χ0) is 15.3. The zero-order valence-electron chi connectivity index (χ0n) is 13.0. The smallest absolute Gasteiger partial charge is 0.243 e. The van der Waals surface area contributed by atoms with Gasteiger partial charge in [-0.2, -0.15) is 0 Å². The Morgan fingerprint density at radius 2 is 1.95 bits per heavy atom. The van der Waals surface area contributed by atoms with Gasteiger partial charge in [0, 0.05) is 25.2 Å². The van der Waals surface area contributed by atoms with E-state index in [0.29, 0.717) is 0 Å².